The van der Waals surface area contributed by atoms with E-state index in [4.69, 9.17) is 6.42 Å². The van der Waals surface area contributed by atoms with E-state index in [1.54, 1.807) is 11.8 Å². The maximum atomic E-state index is 5.62. The Morgan fingerprint density at radius 1 is 0.882 bits per heavy atom. The largest absolute Gasteiger partial charge is 0.115 e. The number of benzene rings is 2. The molecule has 2 aromatic rings. The van der Waals surface area contributed by atoms with Crippen LogP contribution in [0.3, 0.4) is 0 Å². The molecular formula is C16H10S. The summed E-state index contributed by atoms with van der Waals surface area (Å²) in [5.74, 6) is 2.79. The zero-order chi connectivity index (χ0) is 11.7. The molecule has 0 fully saturated rings. The van der Waals surface area contributed by atoms with Crippen molar-refractivity contribution in [3.05, 3.63) is 59.7 Å². The van der Waals surface area contributed by atoms with E-state index in [-0.39, 0.29) is 0 Å². The molecule has 1 heteroatoms. The lowest BCUT2D eigenvalue weighted by atomic mass is 10.0. The molecule has 80 valence electrons. The van der Waals surface area contributed by atoms with E-state index in [9.17, 15) is 0 Å². The van der Waals surface area contributed by atoms with Crippen LogP contribution in [0.1, 0.15) is 11.1 Å². The third-order valence-corrected chi connectivity index (χ3v) is 3.94. The average molecular weight is 234 g/mol. The second-order valence-corrected chi connectivity index (χ2v) is 4.92. The standard InChI is InChI=1S/C16H10S/c1-2-12-11-13-7-3-5-9-15(13)17-16-10-6-4-8-14(12)16/h1,3-11H. The van der Waals surface area contributed by atoms with Crippen LogP contribution < -0.4 is 0 Å². The van der Waals surface area contributed by atoms with Crippen LogP contribution in [0.15, 0.2) is 58.3 Å². The fourth-order valence-electron chi connectivity index (χ4n) is 1.94. The van der Waals surface area contributed by atoms with Gasteiger partial charge in [-0.05, 0) is 23.8 Å². The second kappa shape index (κ2) is 4.16. The summed E-state index contributed by atoms with van der Waals surface area (Å²) < 4.78 is 0. The Morgan fingerprint density at radius 3 is 2.41 bits per heavy atom. The quantitative estimate of drug-likeness (QED) is 0.611. The van der Waals surface area contributed by atoms with Gasteiger partial charge in [-0.15, -0.1) is 6.42 Å². The molecule has 0 N–H and O–H groups in total. The van der Waals surface area contributed by atoms with E-state index in [1.165, 1.54) is 15.4 Å². The Morgan fingerprint density at radius 2 is 1.59 bits per heavy atom. The van der Waals surface area contributed by atoms with Gasteiger partial charge in [0.1, 0.15) is 0 Å². The van der Waals surface area contributed by atoms with Gasteiger partial charge in [0.15, 0.2) is 0 Å². The number of allylic oxidation sites excluding steroid dienone is 1. The first-order valence-electron chi connectivity index (χ1n) is 5.43. The van der Waals surface area contributed by atoms with Crippen LogP contribution in [0.5, 0.6) is 0 Å². The summed E-state index contributed by atoms with van der Waals surface area (Å²) >= 11 is 1.77. The fourth-order valence-corrected chi connectivity index (χ4v) is 3.00. The number of fused-ring (bicyclic) bond motifs is 2. The summed E-state index contributed by atoms with van der Waals surface area (Å²) in [5.41, 5.74) is 3.30. The third-order valence-electron chi connectivity index (χ3n) is 2.77. The molecule has 3 rings (SSSR count). The molecule has 1 aliphatic heterocycles. The van der Waals surface area contributed by atoms with E-state index in [0.717, 1.165) is 11.1 Å². The van der Waals surface area contributed by atoms with Crippen LogP contribution in [0.2, 0.25) is 0 Å². The van der Waals surface area contributed by atoms with E-state index in [0.29, 0.717) is 0 Å². The Kier molecular flexibility index (Phi) is 2.51. The van der Waals surface area contributed by atoms with Crippen LogP contribution in [-0.2, 0) is 0 Å². The minimum absolute atomic E-state index is 0.957. The Hall–Kier alpha value is -1.91. The second-order valence-electron chi connectivity index (χ2n) is 3.84. The van der Waals surface area contributed by atoms with Crippen molar-refractivity contribution in [2.24, 2.45) is 0 Å². The van der Waals surface area contributed by atoms with E-state index in [1.807, 2.05) is 18.2 Å². The van der Waals surface area contributed by atoms with Crippen LogP contribution >= 0.6 is 11.8 Å². The van der Waals surface area contributed by atoms with Crippen LogP contribution in [0.4, 0.5) is 0 Å². The zero-order valence-electron chi connectivity index (χ0n) is 9.18. The minimum Gasteiger partial charge on any atom is -0.115 e. The molecule has 0 atom stereocenters. The summed E-state index contributed by atoms with van der Waals surface area (Å²) in [5, 5.41) is 0. The Labute approximate surface area is 105 Å². The average Bonchev–Trinajstić information content (AvgIpc) is 2.54. The fraction of sp³-hybridized carbons (Fsp3) is 0. The summed E-state index contributed by atoms with van der Waals surface area (Å²) in [6.45, 7) is 0. The Bertz CT molecular complexity index is 645. The molecular weight excluding hydrogens is 224 g/mol. The number of terminal acetylenes is 1. The summed E-state index contributed by atoms with van der Waals surface area (Å²) in [6, 6.07) is 16.6. The lowest BCUT2D eigenvalue weighted by Gasteiger charge is -2.05. The van der Waals surface area contributed by atoms with Gasteiger partial charge in [0, 0.05) is 20.9 Å². The van der Waals surface area contributed by atoms with Crippen molar-refractivity contribution in [3.63, 3.8) is 0 Å². The predicted molar refractivity (Wildman–Crippen MR) is 73.7 cm³/mol. The normalized spacial score (nSPS) is 12.8. The van der Waals surface area contributed by atoms with Gasteiger partial charge in [-0.2, -0.15) is 0 Å². The maximum Gasteiger partial charge on any atom is 0.0332 e. The van der Waals surface area contributed by atoms with Gasteiger partial charge in [0.2, 0.25) is 0 Å². The molecule has 1 aliphatic rings. The first-order chi connectivity index (χ1) is 8.38. The van der Waals surface area contributed by atoms with Crippen molar-refractivity contribution < 1.29 is 0 Å². The first-order valence-corrected chi connectivity index (χ1v) is 6.25. The van der Waals surface area contributed by atoms with Gasteiger partial charge in [-0.3, -0.25) is 0 Å². The van der Waals surface area contributed by atoms with Crippen molar-refractivity contribution in [3.8, 4) is 12.3 Å². The molecule has 0 saturated carbocycles. The number of hydrogen-bond donors (Lipinski definition) is 0. The van der Waals surface area contributed by atoms with Gasteiger partial charge >= 0.3 is 0 Å². The smallest absolute Gasteiger partial charge is 0.0332 e. The molecule has 0 unspecified atom stereocenters. The van der Waals surface area contributed by atoms with Crippen LogP contribution in [-0.4, -0.2) is 0 Å². The van der Waals surface area contributed by atoms with Crippen molar-refractivity contribution in [1.82, 2.24) is 0 Å². The van der Waals surface area contributed by atoms with Gasteiger partial charge in [0.05, 0.1) is 0 Å². The third kappa shape index (κ3) is 1.77. The topological polar surface area (TPSA) is 0 Å². The predicted octanol–water partition coefficient (Wildman–Crippen LogP) is 4.33. The molecule has 0 aliphatic carbocycles. The lowest BCUT2D eigenvalue weighted by molar-refractivity contribution is 1.38. The van der Waals surface area contributed by atoms with Crippen molar-refractivity contribution in [1.29, 1.82) is 0 Å². The highest BCUT2D eigenvalue weighted by Gasteiger charge is 2.13. The zero-order valence-corrected chi connectivity index (χ0v) is 10.00. The molecule has 0 radical (unpaired) electrons. The highest BCUT2D eigenvalue weighted by Crippen LogP contribution is 2.39. The lowest BCUT2D eigenvalue weighted by Crippen LogP contribution is -1.82. The molecule has 1 heterocycles. The molecule has 17 heavy (non-hydrogen) atoms. The monoisotopic (exact) mass is 234 g/mol. The van der Waals surface area contributed by atoms with Crippen LogP contribution in [0.25, 0.3) is 11.6 Å². The SMILES string of the molecule is C#CC1=Cc2ccccc2Sc2ccccc21. The van der Waals surface area contributed by atoms with E-state index >= 15 is 0 Å². The molecule has 0 amide bonds. The van der Waals surface area contributed by atoms with Crippen molar-refractivity contribution >= 4 is 23.4 Å². The van der Waals surface area contributed by atoms with Gasteiger partial charge in [-0.25, -0.2) is 0 Å². The van der Waals surface area contributed by atoms with Crippen LogP contribution in [0, 0.1) is 12.3 Å². The maximum absolute atomic E-state index is 5.62. The first kappa shape index (κ1) is 10.3. The highest BCUT2D eigenvalue weighted by molar-refractivity contribution is 7.99. The van der Waals surface area contributed by atoms with Gasteiger partial charge in [-0.1, -0.05) is 54.1 Å². The van der Waals surface area contributed by atoms with Crippen molar-refractivity contribution in [2.75, 3.05) is 0 Å². The molecule has 0 spiro atoms. The van der Waals surface area contributed by atoms with Gasteiger partial charge < -0.3 is 0 Å². The van der Waals surface area contributed by atoms with E-state index < -0.39 is 0 Å². The van der Waals surface area contributed by atoms with Gasteiger partial charge in [0.25, 0.3) is 0 Å². The molecule has 2 aromatic carbocycles. The van der Waals surface area contributed by atoms with Crippen molar-refractivity contribution in [2.45, 2.75) is 9.79 Å². The highest BCUT2D eigenvalue weighted by atomic mass is 32.2. The summed E-state index contributed by atoms with van der Waals surface area (Å²) in [6.07, 6.45) is 7.71. The van der Waals surface area contributed by atoms with E-state index in [2.05, 4.69) is 42.3 Å². The minimum atomic E-state index is 0.957. The number of rotatable bonds is 0. The summed E-state index contributed by atoms with van der Waals surface area (Å²) in [4.78, 5) is 2.48. The Balaban J connectivity index is 2.29. The molecule has 0 aromatic heterocycles. The molecule has 0 nitrogen and oxygen atoms in total. The molecule has 0 bridgehead atoms. The molecule has 0 saturated heterocycles. The summed E-state index contributed by atoms with van der Waals surface area (Å²) in [7, 11) is 0. The number of hydrogen-bond acceptors (Lipinski definition) is 1.